The maximum Gasteiger partial charge on any atom is 0.121 e. The number of benzene rings is 1. The molecule has 0 radical (unpaired) electrons. The quantitative estimate of drug-likeness (QED) is 0.732. The van der Waals surface area contributed by atoms with Crippen LogP contribution in [-0.2, 0) is 17.8 Å². The third-order valence-electron chi connectivity index (χ3n) is 2.80. The molecular formula is C14H17N3O. The first-order chi connectivity index (χ1) is 8.83. The molecule has 0 bridgehead atoms. The summed E-state index contributed by atoms with van der Waals surface area (Å²) in [4.78, 5) is 10.3. The monoisotopic (exact) mass is 243 g/mol. The topological polar surface area (TPSA) is 47.8 Å². The molecular weight excluding hydrogens is 226 g/mol. The molecule has 0 spiro atoms. The number of rotatable bonds is 6. The van der Waals surface area contributed by atoms with E-state index in [-0.39, 0.29) is 0 Å². The van der Waals surface area contributed by atoms with Crippen LogP contribution in [0.1, 0.15) is 25.3 Å². The third kappa shape index (κ3) is 3.03. The number of hydrogen-bond acceptors (Lipinski definition) is 3. The standard InChI is InChI=1S/C14H17N3O/c1-2-4-12-5-7-13(8-6-12)14-11-17(16-15-14)9-3-10-18/h5-8,10-11H,2-4,9H2,1H3. The van der Waals surface area contributed by atoms with Gasteiger partial charge in [-0.15, -0.1) is 5.10 Å². The zero-order valence-corrected chi connectivity index (χ0v) is 10.5. The summed E-state index contributed by atoms with van der Waals surface area (Å²) in [5, 5.41) is 8.11. The second-order valence-electron chi connectivity index (χ2n) is 4.27. The van der Waals surface area contributed by atoms with Gasteiger partial charge in [-0.3, -0.25) is 4.68 Å². The van der Waals surface area contributed by atoms with Crippen molar-refractivity contribution < 1.29 is 4.79 Å². The SMILES string of the molecule is CCCc1ccc(-c2cn(CCC=O)nn2)cc1. The van der Waals surface area contributed by atoms with Crippen LogP contribution in [0.4, 0.5) is 0 Å². The summed E-state index contributed by atoms with van der Waals surface area (Å²) in [7, 11) is 0. The first-order valence-corrected chi connectivity index (χ1v) is 6.26. The molecule has 0 aliphatic carbocycles. The van der Waals surface area contributed by atoms with Crippen molar-refractivity contribution in [2.45, 2.75) is 32.7 Å². The third-order valence-corrected chi connectivity index (χ3v) is 2.80. The number of aryl methyl sites for hydroxylation is 2. The zero-order chi connectivity index (χ0) is 12.8. The predicted molar refractivity (Wildman–Crippen MR) is 70.1 cm³/mol. The van der Waals surface area contributed by atoms with Crippen molar-refractivity contribution in [1.82, 2.24) is 15.0 Å². The highest BCUT2D eigenvalue weighted by Crippen LogP contribution is 2.17. The van der Waals surface area contributed by atoms with E-state index in [1.54, 1.807) is 4.68 Å². The van der Waals surface area contributed by atoms with E-state index in [9.17, 15) is 4.79 Å². The highest BCUT2D eigenvalue weighted by molar-refractivity contribution is 5.58. The zero-order valence-electron chi connectivity index (χ0n) is 10.5. The van der Waals surface area contributed by atoms with Crippen LogP contribution < -0.4 is 0 Å². The number of carbonyl (C=O) groups excluding carboxylic acids is 1. The van der Waals surface area contributed by atoms with Crippen LogP contribution in [0.25, 0.3) is 11.3 Å². The molecule has 94 valence electrons. The minimum atomic E-state index is 0.470. The lowest BCUT2D eigenvalue weighted by Gasteiger charge is -2.00. The van der Waals surface area contributed by atoms with E-state index in [1.807, 2.05) is 6.20 Å². The van der Waals surface area contributed by atoms with Gasteiger partial charge in [0.15, 0.2) is 0 Å². The molecule has 4 heteroatoms. The van der Waals surface area contributed by atoms with Crippen molar-refractivity contribution in [1.29, 1.82) is 0 Å². The Labute approximate surface area is 107 Å². The van der Waals surface area contributed by atoms with Gasteiger partial charge in [-0.2, -0.15) is 0 Å². The first kappa shape index (κ1) is 12.5. The first-order valence-electron chi connectivity index (χ1n) is 6.26. The molecule has 2 aromatic rings. The van der Waals surface area contributed by atoms with E-state index < -0.39 is 0 Å². The maximum atomic E-state index is 10.3. The molecule has 0 N–H and O–H groups in total. The summed E-state index contributed by atoms with van der Waals surface area (Å²) in [5.74, 6) is 0. The number of aromatic nitrogens is 3. The molecule has 0 atom stereocenters. The Hall–Kier alpha value is -1.97. The molecule has 1 aromatic carbocycles. The second-order valence-corrected chi connectivity index (χ2v) is 4.27. The van der Waals surface area contributed by atoms with Gasteiger partial charge in [0.25, 0.3) is 0 Å². The van der Waals surface area contributed by atoms with Crippen molar-refractivity contribution in [3.63, 3.8) is 0 Å². The number of hydrogen-bond donors (Lipinski definition) is 0. The van der Waals surface area contributed by atoms with Gasteiger partial charge < -0.3 is 4.79 Å². The normalized spacial score (nSPS) is 10.5. The van der Waals surface area contributed by atoms with Crippen LogP contribution in [-0.4, -0.2) is 21.3 Å². The maximum absolute atomic E-state index is 10.3. The summed E-state index contributed by atoms with van der Waals surface area (Å²) >= 11 is 0. The van der Waals surface area contributed by atoms with Gasteiger partial charge in [0.1, 0.15) is 12.0 Å². The Morgan fingerprint density at radius 1 is 1.28 bits per heavy atom. The minimum absolute atomic E-state index is 0.470. The van der Waals surface area contributed by atoms with Gasteiger partial charge in [-0.05, 0) is 12.0 Å². The summed E-state index contributed by atoms with van der Waals surface area (Å²) in [5.41, 5.74) is 3.26. The molecule has 18 heavy (non-hydrogen) atoms. The molecule has 0 amide bonds. The fourth-order valence-electron chi connectivity index (χ4n) is 1.86. The molecule has 0 unspecified atom stereocenters. The highest BCUT2D eigenvalue weighted by Gasteiger charge is 2.03. The summed E-state index contributed by atoms with van der Waals surface area (Å²) in [6.45, 7) is 2.76. The smallest absolute Gasteiger partial charge is 0.121 e. The summed E-state index contributed by atoms with van der Waals surface area (Å²) in [6, 6.07) is 8.39. The molecule has 0 aliphatic heterocycles. The van der Waals surface area contributed by atoms with Crippen LogP contribution in [0, 0.1) is 0 Å². The average molecular weight is 243 g/mol. The number of nitrogens with zero attached hydrogens (tertiary/aromatic N) is 3. The molecule has 0 saturated heterocycles. The Kier molecular flexibility index (Phi) is 4.23. The van der Waals surface area contributed by atoms with Gasteiger partial charge in [0, 0.05) is 18.5 Å². The fraction of sp³-hybridized carbons (Fsp3) is 0.357. The van der Waals surface area contributed by atoms with Crippen LogP contribution >= 0.6 is 0 Å². The largest absolute Gasteiger partial charge is 0.303 e. The van der Waals surface area contributed by atoms with E-state index in [1.165, 1.54) is 5.56 Å². The van der Waals surface area contributed by atoms with Crippen molar-refractivity contribution in [3.8, 4) is 11.3 Å². The van der Waals surface area contributed by atoms with Crippen molar-refractivity contribution in [3.05, 3.63) is 36.0 Å². The Morgan fingerprint density at radius 2 is 2.06 bits per heavy atom. The lowest BCUT2D eigenvalue weighted by atomic mass is 10.1. The Morgan fingerprint density at radius 3 is 2.72 bits per heavy atom. The number of carbonyl (C=O) groups is 1. The van der Waals surface area contributed by atoms with Crippen LogP contribution in [0.15, 0.2) is 30.5 Å². The van der Waals surface area contributed by atoms with Crippen molar-refractivity contribution in [2.75, 3.05) is 0 Å². The van der Waals surface area contributed by atoms with Gasteiger partial charge >= 0.3 is 0 Å². The lowest BCUT2D eigenvalue weighted by molar-refractivity contribution is -0.108. The lowest BCUT2D eigenvalue weighted by Crippen LogP contribution is -1.98. The van der Waals surface area contributed by atoms with E-state index in [0.29, 0.717) is 13.0 Å². The fourth-order valence-corrected chi connectivity index (χ4v) is 1.86. The molecule has 0 saturated carbocycles. The van der Waals surface area contributed by atoms with Gasteiger partial charge in [0.2, 0.25) is 0 Å². The summed E-state index contributed by atoms with van der Waals surface area (Å²) in [6.07, 6.45) is 5.49. The minimum Gasteiger partial charge on any atom is -0.303 e. The van der Waals surface area contributed by atoms with Crippen LogP contribution in [0.5, 0.6) is 0 Å². The average Bonchev–Trinajstić information content (AvgIpc) is 2.86. The van der Waals surface area contributed by atoms with Crippen LogP contribution in [0.2, 0.25) is 0 Å². The molecule has 1 aromatic heterocycles. The molecule has 1 heterocycles. The van der Waals surface area contributed by atoms with E-state index in [0.717, 1.165) is 30.4 Å². The highest BCUT2D eigenvalue weighted by atomic mass is 16.1. The van der Waals surface area contributed by atoms with Gasteiger partial charge in [-0.25, -0.2) is 0 Å². The van der Waals surface area contributed by atoms with Crippen LogP contribution in [0.3, 0.4) is 0 Å². The van der Waals surface area contributed by atoms with Gasteiger partial charge in [-0.1, -0.05) is 42.8 Å². The van der Waals surface area contributed by atoms with E-state index >= 15 is 0 Å². The van der Waals surface area contributed by atoms with E-state index in [4.69, 9.17) is 0 Å². The molecule has 4 nitrogen and oxygen atoms in total. The number of aldehydes is 1. The predicted octanol–water partition coefficient (Wildman–Crippen LogP) is 2.49. The van der Waals surface area contributed by atoms with E-state index in [2.05, 4.69) is 41.5 Å². The van der Waals surface area contributed by atoms with Crippen molar-refractivity contribution in [2.24, 2.45) is 0 Å². The Balaban J connectivity index is 2.10. The summed E-state index contributed by atoms with van der Waals surface area (Å²) < 4.78 is 1.70. The van der Waals surface area contributed by atoms with Gasteiger partial charge in [0.05, 0.1) is 6.20 Å². The molecule has 0 aliphatic rings. The molecule has 2 rings (SSSR count). The van der Waals surface area contributed by atoms with Crippen molar-refractivity contribution >= 4 is 6.29 Å². The Bertz CT molecular complexity index is 502. The molecule has 0 fully saturated rings. The second kappa shape index (κ2) is 6.10.